The van der Waals surface area contributed by atoms with Crippen LogP contribution < -0.4 is 0 Å². The van der Waals surface area contributed by atoms with Crippen molar-refractivity contribution < 1.29 is 0 Å². The Labute approximate surface area is 77.7 Å². The molecule has 0 amide bonds. The van der Waals surface area contributed by atoms with Crippen LogP contribution in [0.1, 0.15) is 65.2 Å². The zero-order chi connectivity index (χ0) is 8.81. The SMILES string of the molecule is CCCC(C)CCC1CCCC1. The summed E-state index contributed by atoms with van der Waals surface area (Å²) in [6.07, 6.45) is 11.9. The molecule has 1 unspecified atom stereocenters. The lowest BCUT2D eigenvalue weighted by Crippen LogP contribution is -1.99. The van der Waals surface area contributed by atoms with Crippen molar-refractivity contribution in [2.24, 2.45) is 11.8 Å². The maximum Gasteiger partial charge on any atom is -0.0414 e. The highest BCUT2D eigenvalue weighted by Crippen LogP contribution is 2.30. The van der Waals surface area contributed by atoms with Crippen LogP contribution in [0.4, 0.5) is 0 Å². The molecule has 0 N–H and O–H groups in total. The molecule has 0 radical (unpaired) electrons. The van der Waals surface area contributed by atoms with Gasteiger partial charge >= 0.3 is 0 Å². The third-order valence-electron chi connectivity index (χ3n) is 3.32. The monoisotopic (exact) mass is 168 g/mol. The topological polar surface area (TPSA) is 0 Å². The molecule has 72 valence electrons. The zero-order valence-corrected chi connectivity index (χ0v) is 8.81. The van der Waals surface area contributed by atoms with E-state index in [0.29, 0.717) is 0 Å². The average molecular weight is 168 g/mol. The Kier molecular flexibility index (Phi) is 4.72. The summed E-state index contributed by atoms with van der Waals surface area (Å²) in [7, 11) is 0. The fourth-order valence-electron chi connectivity index (χ4n) is 2.46. The predicted octanol–water partition coefficient (Wildman–Crippen LogP) is 4.39. The third-order valence-corrected chi connectivity index (χ3v) is 3.32. The number of hydrogen-bond donors (Lipinski definition) is 0. The van der Waals surface area contributed by atoms with E-state index in [2.05, 4.69) is 13.8 Å². The lowest BCUT2D eigenvalue weighted by atomic mass is 9.93. The van der Waals surface area contributed by atoms with Gasteiger partial charge in [0.15, 0.2) is 0 Å². The van der Waals surface area contributed by atoms with Crippen molar-refractivity contribution in [2.75, 3.05) is 0 Å². The lowest BCUT2D eigenvalue weighted by molar-refractivity contribution is 0.398. The Balaban J connectivity index is 1.99. The minimum absolute atomic E-state index is 0.982. The van der Waals surface area contributed by atoms with Gasteiger partial charge in [-0.15, -0.1) is 0 Å². The first kappa shape index (κ1) is 10.1. The molecule has 0 aromatic rings. The highest BCUT2D eigenvalue weighted by atomic mass is 14.2. The molecule has 0 aliphatic heterocycles. The van der Waals surface area contributed by atoms with Crippen LogP contribution in [0, 0.1) is 11.8 Å². The second-order valence-corrected chi connectivity index (χ2v) is 4.62. The van der Waals surface area contributed by atoms with Gasteiger partial charge < -0.3 is 0 Å². The van der Waals surface area contributed by atoms with Crippen LogP contribution >= 0.6 is 0 Å². The van der Waals surface area contributed by atoms with Crippen molar-refractivity contribution in [3.05, 3.63) is 0 Å². The van der Waals surface area contributed by atoms with Crippen LogP contribution in [0.2, 0.25) is 0 Å². The van der Waals surface area contributed by atoms with E-state index in [4.69, 9.17) is 0 Å². The molecule has 1 atom stereocenters. The van der Waals surface area contributed by atoms with Gasteiger partial charge in [0.1, 0.15) is 0 Å². The standard InChI is InChI=1S/C12H24/c1-3-6-11(2)9-10-12-7-4-5-8-12/h11-12H,3-10H2,1-2H3. The molecule has 1 aliphatic carbocycles. The number of hydrogen-bond acceptors (Lipinski definition) is 0. The molecule has 0 heteroatoms. The Morgan fingerprint density at radius 3 is 2.42 bits per heavy atom. The van der Waals surface area contributed by atoms with Gasteiger partial charge in [-0.1, -0.05) is 65.2 Å². The predicted molar refractivity (Wildman–Crippen MR) is 55.3 cm³/mol. The largest absolute Gasteiger partial charge is 0.0654 e. The smallest absolute Gasteiger partial charge is 0.0414 e. The van der Waals surface area contributed by atoms with Gasteiger partial charge in [-0.25, -0.2) is 0 Å². The maximum absolute atomic E-state index is 2.42. The van der Waals surface area contributed by atoms with Crippen molar-refractivity contribution in [2.45, 2.75) is 65.2 Å². The van der Waals surface area contributed by atoms with Crippen molar-refractivity contribution >= 4 is 0 Å². The molecule has 1 saturated carbocycles. The normalized spacial score (nSPS) is 21.5. The molecule has 0 nitrogen and oxygen atoms in total. The summed E-state index contributed by atoms with van der Waals surface area (Å²) in [6, 6.07) is 0. The van der Waals surface area contributed by atoms with E-state index in [1.165, 1.54) is 51.4 Å². The summed E-state index contributed by atoms with van der Waals surface area (Å²) in [4.78, 5) is 0. The van der Waals surface area contributed by atoms with E-state index < -0.39 is 0 Å². The maximum atomic E-state index is 2.42. The quantitative estimate of drug-likeness (QED) is 0.571. The Hall–Kier alpha value is 0. The molecule has 0 spiro atoms. The molecule has 1 rings (SSSR count). The van der Waals surface area contributed by atoms with Crippen LogP contribution in [-0.2, 0) is 0 Å². The molecule has 1 aliphatic rings. The van der Waals surface area contributed by atoms with E-state index >= 15 is 0 Å². The van der Waals surface area contributed by atoms with E-state index in [9.17, 15) is 0 Å². The lowest BCUT2D eigenvalue weighted by Gasteiger charge is -2.13. The summed E-state index contributed by atoms with van der Waals surface area (Å²) in [6.45, 7) is 4.71. The Morgan fingerprint density at radius 2 is 1.83 bits per heavy atom. The highest BCUT2D eigenvalue weighted by molar-refractivity contribution is 4.68. The van der Waals surface area contributed by atoms with Crippen molar-refractivity contribution in [1.82, 2.24) is 0 Å². The van der Waals surface area contributed by atoms with Crippen LogP contribution in [-0.4, -0.2) is 0 Å². The number of rotatable bonds is 5. The summed E-state index contributed by atoms with van der Waals surface area (Å²) in [5.74, 6) is 2.08. The minimum atomic E-state index is 0.982. The molecule has 0 heterocycles. The van der Waals surface area contributed by atoms with E-state index in [0.717, 1.165) is 11.8 Å². The van der Waals surface area contributed by atoms with Gasteiger partial charge in [0.05, 0.1) is 0 Å². The molecule has 1 fully saturated rings. The zero-order valence-electron chi connectivity index (χ0n) is 8.81. The first-order valence-corrected chi connectivity index (χ1v) is 5.83. The van der Waals surface area contributed by atoms with Gasteiger partial charge in [-0.3, -0.25) is 0 Å². The second kappa shape index (κ2) is 5.61. The second-order valence-electron chi connectivity index (χ2n) is 4.62. The van der Waals surface area contributed by atoms with E-state index in [-0.39, 0.29) is 0 Å². The molecular weight excluding hydrogens is 144 g/mol. The Morgan fingerprint density at radius 1 is 1.17 bits per heavy atom. The van der Waals surface area contributed by atoms with Crippen LogP contribution in [0.3, 0.4) is 0 Å². The van der Waals surface area contributed by atoms with Crippen molar-refractivity contribution in [3.8, 4) is 0 Å². The summed E-state index contributed by atoms with van der Waals surface area (Å²) in [5.41, 5.74) is 0. The molecular formula is C12H24. The van der Waals surface area contributed by atoms with Crippen molar-refractivity contribution in [3.63, 3.8) is 0 Å². The molecule has 0 bridgehead atoms. The molecule has 0 saturated heterocycles. The summed E-state index contributed by atoms with van der Waals surface area (Å²) < 4.78 is 0. The van der Waals surface area contributed by atoms with Gasteiger partial charge in [0, 0.05) is 0 Å². The summed E-state index contributed by atoms with van der Waals surface area (Å²) >= 11 is 0. The van der Waals surface area contributed by atoms with Crippen molar-refractivity contribution in [1.29, 1.82) is 0 Å². The van der Waals surface area contributed by atoms with Gasteiger partial charge in [0.25, 0.3) is 0 Å². The van der Waals surface area contributed by atoms with Crippen LogP contribution in [0.5, 0.6) is 0 Å². The van der Waals surface area contributed by atoms with Gasteiger partial charge in [0.2, 0.25) is 0 Å². The van der Waals surface area contributed by atoms with Crippen LogP contribution in [0.25, 0.3) is 0 Å². The minimum Gasteiger partial charge on any atom is -0.0654 e. The van der Waals surface area contributed by atoms with Gasteiger partial charge in [-0.05, 0) is 11.8 Å². The molecule has 0 aromatic carbocycles. The van der Waals surface area contributed by atoms with E-state index in [1.807, 2.05) is 0 Å². The summed E-state index contributed by atoms with van der Waals surface area (Å²) in [5, 5.41) is 0. The fourth-order valence-corrected chi connectivity index (χ4v) is 2.46. The molecule has 0 aromatic heterocycles. The molecule has 12 heavy (non-hydrogen) atoms. The Bertz CT molecular complexity index is 101. The first-order valence-electron chi connectivity index (χ1n) is 5.83. The average Bonchev–Trinajstić information content (AvgIpc) is 2.53. The third kappa shape index (κ3) is 3.60. The van der Waals surface area contributed by atoms with E-state index in [1.54, 1.807) is 0 Å². The van der Waals surface area contributed by atoms with Gasteiger partial charge in [-0.2, -0.15) is 0 Å². The highest BCUT2D eigenvalue weighted by Gasteiger charge is 2.15. The fraction of sp³-hybridized carbons (Fsp3) is 1.00. The van der Waals surface area contributed by atoms with Crippen LogP contribution in [0.15, 0.2) is 0 Å². The first-order chi connectivity index (χ1) is 5.83.